The number of carbonyl (C=O) groups is 3. The number of halogens is 3. The molecule has 0 aromatic heterocycles. The molecule has 3 rings (SSSR count). The van der Waals surface area contributed by atoms with Crippen LogP contribution in [0.25, 0.3) is 0 Å². The summed E-state index contributed by atoms with van der Waals surface area (Å²) in [5.74, 6) is -3.04. The molecule has 0 atom stereocenters. The van der Waals surface area contributed by atoms with Crippen LogP contribution in [0.4, 0.5) is 18.9 Å². The quantitative estimate of drug-likeness (QED) is 0.489. The number of anilines is 1. The van der Waals surface area contributed by atoms with E-state index in [1.807, 2.05) is 0 Å². The van der Waals surface area contributed by atoms with Crippen LogP contribution < -0.4 is 15.4 Å². The fraction of sp³-hybridized carbons (Fsp3) is 0.423. The second-order valence-corrected chi connectivity index (χ2v) is 9.42. The molecule has 7 nitrogen and oxygen atoms in total. The molecular weight excluding hydrogens is 477 g/mol. The Morgan fingerprint density at radius 3 is 2.22 bits per heavy atom. The van der Waals surface area contributed by atoms with Crippen LogP contribution in [0.3, 0.4) is 0 Å². The number of carbonyl (C=O) groups excluding carboxylic acids is 2. The van der Waals surface area contributed by atoms with Gasteiger partial charge in [0.05, 0.1) is 16.8 Å². The summed E-state index contributed by atoms with van der Waals surface area (Å²) in [5.41, 5.74) is 3.38. The number of nitrogens with zero attached hydrogens (tertiary/aromatic N) is 1. The van der Waals surface area contributed by atoms with Gasteiger partial charge in [-0.25, -0.2) is 4.79 Å². The summed E-state index contributed by atoms with van der Waals surface area (Å²) in [6.07, 6.45) is -1.59. The van der Waals surface area contributed by atoms with Gasteiger partial charge in [0.1, 0.15) is 11.5 Å². The third-order valence-corrected chi connectivity index (χ3v) is 6.37. The van der Waals surface area contributed by atoms with Gasteiger partial charge >= 0.3 is 12.1 Å². The Hall–Kier alpha value is -3.56. The lowest BCUT2D eigenvalue weighted by molar-refractivity contribution is -0.138. The molecule has 36 heavy (non-hydrogen) atoms. The van der Waals surface area contributed by atoms with Gasteiger partial charge in [0, 0.05) is 17.5 Å². The van der Waals surface area contributed by atoms with E-state index >= 15 is 0 Å². The second-order valence-electron chi connectivity index (χ2n) is 9.42. The summed E-state index contributed by atoms with van der Waals surface area (Å²) in [6.45, 7) is 5.68. The molecule has 0 bridgehead atoms. The molecule has 0 unspecified atom stereocenters. The Morgan fingerprint density at radius 1 is 1.06 bits per heavy atom. The Bertz CT molecular complexity index is 1150. The van der Waals surface area contributed by atoms with Gasteiger partial charge in [0.25, 0.3) is 0 Å². The van der Waals surface area contributed by atoms with Crippen molar-refractivity contribution in [2.24, 2.45) is 17.6 Å². The highest BCUT2D eigenvalue weighted by atomic mass is 19.4. The van der Waals surface area contributed by atoms with Gasteiger partial charge in [-0.3, -0.25) is 9.59 Å². The highest BCUT2D eigenvalue weighted by molar-refractivity contribution is 6.03. The van der Waals surface area contributed by atoms with E-state index in [0.29, 0.717) is 24.8 Å². The fourth-order valence-corrected chi connectivity index (χ4v) is 4.44. The van der Waals surface area contributed by atoms with Gasteiger partial charge in [-0.1, -0.05) is 6.92 Å². The summed E-state index contributed by atoms with van der Waals surface area (Å²) in [4.78, 5) is 38.3. The largest absolute Gasteiger partial charge is 0.478 e. The number of benzene rings is 2. The van der Waals surface area contributed by atoms with E-state index in [-0.39, 0.29) is 40.4 Å². The van der Waals surface area contributed by atoms with Crippen LogP contribution in [0.1, 0.15) is 72.7 Å². The first-order valence-electron chi connectivity index (χ1n) is 11.7. The molecule has 1 fully saturated rings. The first kappa shape index (κ1) is 27.0. The molecule has 0 aliphatic heterocycles. The van der Waals surface area contributed by atoms with E-state index in [1.165, 1.54) is 17.0 Å². The van der Waals surface area contributed by atoms with E-state index in [9.17, 15) is 32.7 Å². The lowest BCUT2D eigenvalue weighted by Crippen LogP contribution is -2.42. The highest BCUT2D eigenvalue weighted by Crippen LogP contribution is 2.40. The maximum Gasteiger partial charge on any atom is 0.420 e. The number of aromatic carboxylic acids is 1. The highest BCUT2D eigenvalue weighted by Gasteiger charge is 2.36. The molecular formula is C26H29F3N2O5. The third-order valence-electron chi connectivity index (χ3n) is 6.37. The normalized spacial score (nSPS) is 18.1. The van der Waals surface area contributed by atoms with Crippen molar-refractivity contribution in [2.75, 3.05) is 4.90 Å². The first-order chi connectivity index (χ1) is 16.8. The number of amides is 2. The van der Waals surface area contributed by atoms with Crippen molar-refractivity contribution in [3.8, 4) is 11.5 Å². The van der Waals surface area contributed by atoms with Crippen molar-refractivity contribution >= 4 is 23.5 Å². The van der Waals surface area contributed by atoms with Gasteiger partial charge in [-0.05, 0) is 81.8 Å². The Labute approximate surface area is 207 Å². The number of hydrogen-bond acceptors (Lipinski definition) is 4. The molecule has 0 radical (unpaired) electrons. The number of nitrogens with two attached hydrogens (primary N) is 1. The van der Waals surface area contributed by atoms with E-state index in [2.05, 4.69) is 6.92 Å². The molecule has 0 spiro atoms. The summed E-state index contributed by atoms with van der Waals surface area (Å²) in [6, 6.07) is 6.04. The molecule has 0 heterocycles. The number of hydrogen-bond donors (Lipinski definition) is 2. The van der Waals surface area contributed by atoms with Crippen LogP contribution in [0, 0.1) is 11.8 Å². The van der Waals surface area contributed by atoms with Gasteiger partial charge in [-0.2, -0.15) is 13.2 Å². The standard InChI is InChI=1S/C26H29F3N2O5/c1-14(2)31(24(33)16-6-4-15(3)5-7-16)21-10-9-18(13-19(21)25(34)35)36-22-11-8-17(23(30)32)12-20(22)26(27,28)29/h8-16H,4-7H2,1-3H3,(H2,30,32)(H,34,35)/t15-,16-. The minimum absolute atomic E-state index is 0.147. The molecule has 2 aromatic rings. The molecule has 2 amide bonds. The van der Waals surface area contributed by atoms with E-state index < -0.39 is 29.4 Å². The van der Waals surface area contributed by atoms with Gasteiger partial charge in [0.2, 0.25) is 11.8 Å². The number of carboxylic acids is 1. The Kier molecular flexibility index (Phi) is 7.96. The molecule has 1 saturated carbocycles. The molecule has 3 N–H and O–H groups in total. The summed E-state index contributed by atoms with van der Waals surface area (Å²) in [7, 11) is 0. The van der Waals surface area contributed by atoms with Crippen molar-refractivity contribution in [3.05, 3.63) is 53.1 Å². The zero-order chi connectivity index (χ0) is 26.8. The summed E-state index contributed by atoms with van der Waals surface area (Å²) in [5, 5.41) is 9.87. The SMILES string of the molecule is CC(C)N(c1ccc(Oc2ccc(C(N)=O)cc2C(F)(F)F)cc1C(=O)O)C(=O)[C@H]1CC[C@H](C)CC1. The Balaban J connectivity index is 1.99. The number of primary amides is 1. The predicted octanol–water partition coefficient (Wildman–Crippen LogP) is 5.86. The Morgan fingerprint density at radius 2 is 1.69 bits per heavy atom. The average molecular weight is 507 g/mol. The van der Waals surface area contributed by atoms with Crippen LogP contribution in [-0.2, 0) is 11.0 Å². The van der Waals surface area contributed by atoms with Crippen LogP contribution >= 0.6 is 0 Å². The van der Waals surface area contributed by atoms with Crippen molar-refractivity contribution in [1.29, 1.82) is 0 Å². The number of carboxylic acid groups (broad SMARTS) is 1. The van der Waals surface area contributed by atoms with Crippen molar-refractivity contribution in [3.63, 3.8) is 0 Å². The zero-order valence-corrected chi connectivity index (χ0v) is 20.3. The second kappa shape index (κ2) is 10.6. The number of rotatable bonds is 7. The molecule has 10 heteroatoms. The van der Waals surface area contributed by atoms with Crippen molar-refractivity contribution in [2.45, 2.75) is 58.7 Å². The van der Waals surface area contributed by atoms with Crippen LogP contribution in [0.5, 0.6) is 11.5 Å². The van der Waals surface area contributed by atoms with E-state index in [1.54, 1.807) is 13.8 Å². The van der Waals surface area contributed by atoms with E-state index in [4.69, 9.17) is 10.5 Å². The average Bonchev–Trinajstić information content (AvgIpc) is 2.79. The smallest absolute Gasteiger partial charge is 0.420 e. The van der Waals surface area contributed by atoms with Crippen LogP contribution in [0.15, 0.2) is 36.4 Å². The van der Waals surface area contributed by atoms with Crippen molar-refractivity contribution in [1.82, 2.24) is 0 Å². The topological polar surface area (TPSA) is 110 Å². The maximum absolute atomic E-state index is 13.6. The maximum atomic E-state index is 13.6. The zero-order valence-electron chi connectivity index (χ0n) is 20.3. The fourth-order valence-electron chi connectivity index (χ4n) is 4.44. The molecule has 1 aliphatic carbocycles. The molecule has 0 saturated heterocycles. The van der Waals surface area contributed by atoms with Gasteiger partial charge in [0.15, 0.2) is 0 Å². The first-order valence-corrected chi connectivity index (χ1v) is 11.7. The lowest BCUT2D eigenvalue weighted by atomic mass is 9.82. The summed E-state index contributed by atoms with van der Waals surface area (Å²) < 4.78 is 46.1. The third kappa shape index (κ3) is 5.98. The monoisotopic (exact) mass is 506 g/mol. The van der Waals surface area contributed by atoms with E-state index in [0.717, 1.165) is 31.0 Å². The van der Waals surface area contributed by atoms with Gasteiger partial charge in [-0.15, -0.1) is 0 Å². The minimum atomic E-state index is -4.85. The molecule has 194 valence electrons. The number of alkyl halides is 3. The number of ether oxygens (including phenoxy) is 1. The van der Waals surface area contributed by atoms with Crippen molar-refractivity contribution < 1.29 is 37.4 Å². The lowest BCUT2D eigenvalue weighted by Gasteiger charge is -2.34. The van der Waals surface area contributed by atoms with Gasteiger partial charge < -0.3 is 20.5 Å². The summed E-state index contributed by atoms with van der Waals surface area (Å²) >= 11 is 0. The van der Waals surface area contributed by atoms with Crippen LogP contribution in [0.2, 0.25) is 0 Å². The predicted molar refractivity (Wildman–Crippen MR) is 127 cm³/mol. The molecule has 1 aliphatic rings. The molecule has 2 aromatic carbocycles. The minimum Gasteiger partial charge on any atom is -0.478 e. The van der Waals surface area contributed by atoms with Crippen LogP contribution in [-0.4, -0.2) is 28.9 Å².